The van der Waals surface area contributed by atoms with Gasteiger partial charge in [0, 0.05) is 90.2 Å². The number of hydrogen-bond donors (Lipinski definition) is 2. The summed E-state index contributed by atoms with van der Waals surface area (Å²) in [6.07, 6.45) is -2.22. The Balaban J connectivity index is 0.000000202. The van der Waals surface area contributed by atoms with E-state index in [4.69, 9.17) is 29.9 Å². The van der Waals surface area contributed by atoms with Crippen LogP contribution in [0.4, 0.5) is 66.6 Å². The number of halogens is 6. The van der Waals surface area contributed by atoms with E-state index in [2.05, 4.69) is 45.2 Å². The van der Waals surface area contributed by atoms with Gasteiger partial charge in [-0.05, 0) is 34.6 Å². The highest BCUT2D eigenvalue weighted by Gasteiger charge is 2.38. The molecule has 452 valence electrons. The number of fused-ring (bicyclic) bond motifs is 2. The largest absolute Gasteiger partial charge is 0.444 e. The van der Waals surface area contributed by atoms with Gasteiger partial charge in [-0.1, -0.05) is 0 Å². The van der Waals surface area contributed by atoms with Crippen LogP contribution in [0.2, 0.25) is 0 Å². The Kier molecular flexibility index (Phi) is 17.1. The SMILES string of the molecule is C[C@H]1COCCN1c1nc(-c2cnc(N)nc2)nc2c1nc(N1CCN(S(C)(=O)=O)CC1)n2CC(F)(F)F.C[C@H]1COCCN1c1nc(-c2cnc(NC(=O)OC(C)(C)C)nc2)nc2c1nc(N1CCN(S(C)(=O)=O)CC1)n2CC(F)(F)F. The zero-order chi connectivity index (χ0) is 60.0. The monoisotopic (exact) mass is 1210 g/mol. The summed E-state index contributed by atoms with van der Waals surface area (Å²) < 4.78 is 152. The molecule has 36 heteroatoms. The average molecular weight is 1210 g/mol. The lowest BCUT2D eigenvalue weighted by molar-refractivity contribution is -0.140. The molecule has 0 aliphatic carbocycles. The summed E-state index contributed by atoms with van der Waals surface area (Å²) in [4.78, 5) is 63.2. The molecule has 1 amide bonds. The van der Waals surface area contributed by atoms with E-state index < -0.39 is 57.2 Å². The third kappa shape index (κ3) is 14.4. The summed E-state index contributed by atoms with van der Waals surface area (Å²) in [6, 6.07) is -0.289. The molecule has 10 rings (SSSR count). The van der Waals surface area contributed by atoms with Crippen LogP contribution in [-0.4, -0.2) is 225 Å². The van der Waals surface area contributed by atoms with Gasteiger partial charge in [0.1, 0.15) is 18.7 Å². The van der Waals surface area contributed by atoms with Gasteiger partial charge in [-0.3, -0.25) is 14.5 Å². The van der Waals surface area contributed by atoms with E-state index in [1.165, 1.54) is 33.4 Å². The first-order valence-electron chi connectivity index (χ1n) is 26.1. The molecule has 6 aromatic heterocycles. The predicted molar refractivity (Wildman–Crippen MR) is 292 cm³/mol. The van der Waals surface area contributed by atoms with Gasteiger partial charge in [-0.25, -0.2) is 71.5 Å². The Morgan fingerprint density at radius 3 is 1.35 bits per heavy atom. The Hall–Kier alpha value is -7.15. The van der Waals surface area contributed by atoms with Crippen LogP contribution in [0.15, 0.2) is 24.8 Å². The summed E-state index contributed by atoms with van der Waals surface area (Å²) in [5.41, 5.74) is 5.86. The number of piperazine rings is 2. The molecule has 83 heavy (non-hydrogen) atoms. The minimum atomic E-state index is -4.62. The van der Waals surface area contributed by atoms with Crippen LogP contribution < -0.4 is 30.7 Å². The molecule has 6 aromatic rings. The van der Waals surface area contributed by atoms with Crippen molar-refractivity contribution >= 4 is 83.9 Å². The maximum absolute atomic E-state index is 14.0. The van der Waals surface area contributed by atoms with Gasteiger partial charge in [0.15, 0.2) is 45.6 Å². The van der Waals surface area contributed by atoms with Gasteiger partial charge in [0.2, 0.25) is 43.8 Å². The predicted octanol–water partition coefficient (Wildman–Crippen LogP) is 3.23. The van der Waals surface area contributed by atoms with Gasteiger partial charge >= 0.3 is 18.4 Å². The van der Waals surface area contributed by atoms with Crippen molar-refractivity contribution in [3.8, 4) is 22.8 Å². The van der Waals surface area contributed by atoms with Crippen molar-refractivity contribution in [2.75, 3.05) is 135 Å². The van der Waals surface area contributed by atoms with Crippen molar-refractivity contribution in [1.29, 1.82) is 0 Å². The number of anilines is 6. The van der Waals surface area contributed by atoms with Gasteiger partial charge in [0.05, 0.1) is 62.1 Å². The van der Waals surface area contributed by atoms with E-state index in [1.807, 2.05) is 23.6 Å². The van der Waals surface area contributed by atoms with Crippen molar-refractivity contribution < 1.29 is 62.2 Å². The number of rotatable bonds is 11. The Bertz CT molecular complexity index is 3540. The number of alkyl halides is 6. The summed E-state index contributed by atoms with van der Waals surface area (Å²) in [5, 5.41) is 2.43. The molecule has 0 radical (unpaired) electrons. The first-order valence-corrected chi connectivity index (χ1v) is 29.8. The molecule has 0 aromatic carbocycles. The highest BCUT2D eigenvalue weighted by Crippen LogP contribution is 2.37. The lowest BCUT2D eigenvalue weighted by Crippen LogP contribution is -2.49. The molecule has 4 aliphatic rings. The zero-order valence-electron chi connectivity index (χ0n) is 46.3. The molecular weight excluding hydrogens is 1150 g/mol. The number of nitrogens with zero attached hydrogens (tertiary/aromatic N) is 18. The molecule has 28 nitrogen and oxygen atoms in total. The molecule has 0 unspecified atom stereocenters. The number of aromatic nitrogens is 12. The third-order valence-electron chi connectivity index (χ3n) is 13.5. The van der Waals surface area contributed by atoms with Gasteiger partial charge in [-0.2, -0.15) is 35.0 Å². The fourth-order valence-electron chi connectivity index (χ4n) is 9.62. The normalized spacial score (nSPS) is 19.3. The van der Waals surface area contributed by atoms with E-state index >= 15 is 0 Å². The fraction of sp³-hybridized carbons (Fsp3) is 0.596. The number of carbonyl (C=O) groups excluding carboxylic acids is 1. The maximum atomic E-state index is 14.0. The molecular formula is C47H62F6N20O8S2. The second kappa shape index (κ2) is 23.5. The molecule has 4 fully saturated rings. The number of nitrogen functional groups attached to an aromatic ring is 1. The maximum Gasteiger partial charge on any atom is 0.414 e. The van der Waals surface area contributed by atoms with Crippen molar-refractivity contribution in [3.05, 3.63) is 24.8 Å². The molecule has 10 heterocycles. The van der Waals surface area contributed by atoms with Crippen LogP contribution in [0, 0.1) is 0 Å². The zero-order valence-corrected chi connectivity index (χ0v) is 47.9. The summed E-state index contributed by atoms with van der Waals surface area (Å²) in [5.74, 6) is 0.918. The first-order chi connectivity index (χ1) is 38.9. The lowest BCUT2D eigenvalue weighted by atomic mass is 10.2. The molecule has 0 spiro atoms. The van der Waals surface area contributed by atoms with Crippen molar-refractivity contribution in [1.82, 2.24) is 67.6 Å². The lowest BCUT2D eigenvalue weighted by Gasteiger charge is -2.34. The van der Waals surface area contributed by atoms with Crippen LogP contribution in [0.5, 0.6) is 0 Å². The Morgan fingerprint density at radius 1 is 0.614 bits per heavy atom. The second-order valence-electron chi connectivity index (χ2n) is 21.1. The van der Waals surface area contributed by atoms with Gasteiger partial charge < -0.3 is 39.5 Å². The second-order valence-corrected chi connectivity index (χ2v) is 25.1. The number of morpholine rings is 2. The highest BCUT2D eigenvalue weighted by atomic mass is 32.2. The van der Waals surface area contributed by atoms with Gasteiger partial charge in [0.25, 0.3) is 0 Å². The topological polar surface area (TPSA) is 309 Å². The molecule has 0 bridgehead atoms. The molecule has 2 atom stereocenters. The number of nitrogens with one attached hydrogen (secondary N) is 1. The Labute approximate surface area is 472 Å². The van der Waals surface area contributed by atoms with Crippen molar-refractivity contribution in [3.63, 3.8) is 0 Å². The van der Waals surface area contributed by atoms with Crippen LogP contribution in [0.3, 0.4) is 0 Å². The third-order valence-corrected chi connectivity index (χ3v) is 16.1. The van der Waals surface area contributed by atoms with Crippen molar-refractivity contribution in [2.45, 2.75) is 77.7 Å². The molecule has 3 N–H and O–H groups in total. The van der Waals surface area contributed by atoms with Crippen LogP contribution >= 0.6 is 0 Å². The van der Waals surface area contributed by atoms with E-state index in [0.29, 0.717) is 56.7 Å². The van der Waals surface area contributed by atoms with E-state index in [0.717, 1.165) is 21.6 Å². The summed E-state index contributed by atoms with van der Waals surface area (Å²) in [7, 11) is -6.88. The minimum Gasteiger partial charge on any atom is -0.444 e. The number of amides is 1. The van der Waals surface area contributed by atoms with E-state index in [-0.39, 0.29) is 128 Å². The standard InChI is InChI=1S/C26H35F3N10O5S.C21H27F3N10O3S/c1-16-14-43-11-10-38(16)20-18-21(34-19(33-20)17-12-30-22(31-13-17)35-24(40)44-25(2,3)4)39(15-26(27,28)29)23(32-18)36-6-8-37(9-7-36)45(5,41)42;1-13-11-37-8-7-33(13)17-15-18(30-16(29-17)14-9-26-19(25)27-10-14)34(12-21(22,23)24)20(28-15)31-3-5-32(6-4-31)38(2,35)36/h12-13,16H,6-11,14-15H2,1-5H3,(H,30,31,35,40);9-10,13H,3-8,11-12H2,1-2H3,(H2,25,26,27)/t16-;13-/m00/s1. The number of imidazole rings is 2. The molecule has 4 saturated heterocycles. The quantitative estimate of drug-likeness (QED) is 0.176. The summed E-state index contributed by atoms with van der Waals surface area (Å²) in [6.45, 7) is 9.76. The van der Waals surface area contributed by atoms with E-state index in [9.17, 15) is 48.0 Å². The average Bonchev–Trinajstić information content (AvgIpc) is 2.34. The smallest absolute Gasteiger partial charge is 0.414 e. The number of sulfonamides is 2. The van der Waals surface area contributed by atoms with Crippen molar-refractivity contribution in [2.24, 2.45) is 0 Å². The minimum absolute atomic E-state index is 0.00150. The molecule has 0 saturated carbocycles. The van der Waals surface area contributed by atoms with Crippen LogP contribution in [0.1, 0.15) is 34.6 Å². The van der Waals surface area contributed by atoms with E-state index in [1.54, 1.807) is 30.6 Å². The summed E-state index contributed by atoms with van der Waals surface area (Å²) >= 11 is 0. The van der Waals surface area contributed by atoms with Crippen LogP contribution in [0.25, 0.3) is 45.1 Å². The highest BCUT2D eigenvalue weighted by molar-refractivity contribution is 7.88. The number of hydrogen-bond acceptors (Lipinski definition) is 23. The number of ether oxygens (including phenoxy) is 3. The number of carbonyl (C=O) groups is 1. The first kappa shape index (κ1) is 60.4. The fourth-order valence-corrected chi connectivity index (χ4v) is 11.3. The van der Waals surface area contributed by atoms with Crippen LogP contribution in [-0.2, 0) is 47.3 Å². The Morgan fingerprint density at radius 2 is 1.00 bits per heavy atom. The number of nitrogens with two attached hydrogens (primary N) is 1. The van der Waals surface area contributed by atoms with Gasteiger partial charge in [-0.15, -0.1) is 0 Å². The molecule has 4 aliphatic heterocycles.